The molecule has 1 aliphatic carbocycles. The third-order valence-corrected chi connectivity index (χ3v) is 7.89. The third-order valence-electron chi connectivity index (χ3n) is 7.89. The lowest BCUT2D eigenvalue weighted by atomic mass is 9.73. The summed E-state index contributed by atoms with van der Waals surface area (Å²) < 4.78 is 8.42. The highest BCUT2D eigenvalue weighted by Gasteiger charge is 2.41. The van der Waals surface area contributed by atoms with Crippen LogP contribution in [0, 0.1) is 6.92 Å². The van der Waals surface area contributed by atoms with Gasteiger partial charge < -0.3 is 9.84 Å². The molecule has 0 saturated heterocycles. The number of hydrogen-bond donors (Lipinski definition) is 1. The number of allylic oxidation sites excluding steroid dienone is 2. The maximum Gasteiger partial charge on any atom is 0.256 e. The van der Waals surface area contributed by atoms with Gasteiger partial charge in [0.15, 0.2) is 0 Å². The fraction of sp³-hybridized carbons (Fsp3) is 0.0882. The molecule has 38 heavy (non-hydrogen) atoms. The van der Waals surface area contributed by atoms with Crippen molar-refractivity contribution < 1.29 is 9.84 Å². The average Bonchev–Trinajstić information content (AvgIpc) is 2.91. The van der Waals surface area contributed by atoms with Gasteiger partial charge in [-0.05, 0) is 60.2 Å². The summed E-state index contributed by atoms with van der Waals surface area (Å²) in [6, 6.07) is 23.5. The summed E-state index contributed by atoms with van der Waals surface area (Å²) in [5, 5.41) is 16.8. The number of fused-ring (bicyclic) bond motifs is 3. The fourth-order valence-corrected chi connectivity index (χ4v) is 6.33. The Hall–Kier alpha value is -4.67. The second-order valence-corrected chi connectivity index (χ2v) is 10.1. The van der Waals surface area contributed by atoms with Gasteiger partial charge in [0.1, 0.15) is 17.1 Å². The van der Waals surface area contributed by atoms with E-state index in [-0.39, 0.29) is 5.56 Å². The molecule has 1 unspecified atom stereocenters. The Balaban J connectivity index is 1.84. The molecule has 1 atom stereocenters. The van der Waals surface area contributed by atoms with Gasteiger partial charge in [0, 0.05) is 33.2 Å². The van der Waals surface area contributed by atoms with E-state index in [0.717, 1.165) is 49.1 Å². The predicted molar refractivity (Wildman–Crippen MR) is 156 cm³/mol. The average molecular weight is 496 g/mol. The molecular formula is C34H25NO3. The minimum atomic E-state index is -1.46. The van der Waals surface area contributed by atoms with Crippen molar-refractivity contribution in [3.63, 3.8) is 0 Å². The van der Waals surface area contributed by atoms with Crippen molar-refractivity contribution in [2.24, 2.45) is 0 Å². The van der Waals surface area contributed by atoms with Crippen molar-refractivity contribution in [3.8, 4) is 11.5 Å². The number of ether oxygens (including phenoxy) is 1. The molecule has 1 N–H and O–H groups in total. The summed E-state index contributed by atoms with van der Waals surface area (Å²) in [4.78, 5) is 13.9. The van der Waals surface area contributed by atoms with Crippen LogP contribution in [0.5, 0.6) is 11.5 Å². The van der Waals surface area contributed by atoms with E-state index in [2.05, 4.69) is 32.2 Å². The standard InChI is InChI=1S/C34H25NO3/c1-5-21-25-18-28(36)35-27-16-15-19(3)17-24(27)22-13-10-14-23-29(22)32(35)30(25)31(34(4,37)26(21)6-2)33(23)38-20-11-8-7-9-12-20/h5-18,37H,1-2H2,3-4H3. The predicted octanol–water partition coefficient (Wildman–Crippen LogP) is 7.64. The molecule has 1 aliphatic rings. The van der Waals surface area contributed by atoms with Gasteiger partial charge in [-0.3, -0.25) is 9.20 Å². The normalized spacial score (nSPS) is 17.1. The van der Waals surface area contributed by atoms with E-state index < -0.39 is 5.60 Å². The van der Waals surface area contributed by atoms with Crippen LogP contribution in [-0.2, 0) is 5.60 Å². The van der Waals surface area contributed by atoms with Gasteiger partial charge in [0.25, 0.3) is 5.56 Å². The van der Waals surface area contributed by atoms with Crippen molar-refractivity contribution in [2.45, 2.75) is 19.4 Å². The van der Waals surface area contributed by atoms with Gasteiger partial charge in [-0.15, -0.1) is 0 Å². The van der Waals surface area contributed by atoms with Crippen LogP contribution in [0.3, 0.4) is 0 Å². The molecule has 0 fully saturated rings. The molecule has 0 saturated carbocycles. The first-order valence-electron chi connectivity index (χ1n) is 12.6. The number of rotatable bonds is 4. The number of aliphatic hydroxyl groups is 1. The Morgan fingerprint density at radius 2 is 1.66 bits per heavy atom. The van der Waals surface area contributed by atoms with Gasteiger partial charge >= 0.3 is 0 Å². The smallest absolute Gasteiger partial charge is 0.256 e. The molecule has 4 nitrogen and oxygen atoms in total. The first-order chi connectivity index (χ1) is 18.4. The van der Waals surface area contributed by atoms with Crippen LogP contribution in [0.2, 0.25) is 0 Å². The molecule has 0 bridgehead atoms. The minimum absolute atomic E-state index is 0.139. The maximum atomic E-state index is 13.9. The quantitative estimate of drug-likeness (QED) is 0.202. The summed E-state index contributed by atoms with van der Waals surface area (Å²) in [5.41, 5.74) is 3.72. The number of hydrogen-bond acceptors (Lipinski definition) is 3. The summed E-state index contributed by atoms with van der Waals surface area (Å²) in [6.45, 7) is 11.9. The van der Waals surface area contributed by atoms with Crippen molar-refractivity contribution in [1.29, 1.82) is 0 Å². The third kappa shape index (κ3) is 2.75. The lowest BCUT2D eigenvalue weighted by molar-refractivity contribution is 0.101. The second kappa shape index (κ2) is 7.67. The Bertz CT molecular complexity index is 2080. The number of pyridine rings is 2. The van der Waals surface area contributed by atoms with Gasteiger partial charge in [-0.2, -0.15) is 0 Å². The van der Waals surface area contributed by atoms with Crippen LogP contribution >= 0.6 is 0 Å². The first-order valence-corrected chi connectivity index (χ1v) is 12.6. The summed E-state index contributed by atoms with van der Waals surface area (Å²) in [7, 11) is 0. The molecule has 0 spiro atoms. The Morgan fingerprint density at radius 3 is 2.39 bits per heavy atom. The lowest BCUT2D eigenvalue weighted by Gasteiger charge is -2.36. The Labute approximate surface area is 219 Å². The first kappa shape index (κ1) is 22.5. The molecule has 4 heteroatoms. The van der Waals surface area contributed by atoms with E-state index in [1.807, 2.05) is 54.6 Å². The maximum absolute atomic E-state index is 13.9. The van der Waals surface area contributed by atoms with Crippen LogP contribution in [0.15, 0.2) is 108 Å². The molecule has 2 aromatic heterocycles. The van der Waals surface area contributed by atoms with Crippen LogP contribution in [0.1, 0.15) is 23.6 Å². The Morgan fingerprint density at radius 1 is 0.895 bits per heavy atom. The molecule has 184 valence electrons. The zero-order valence-electron chi connectivity index (χ0n) is 21.2. The summed E-state index contributed by atoms with van der Waals surface area (Å²) in [6.07, 6.45) is 3.35. The van der Waals surface area contributed by atoms with Crippen LogP contribution in [0.4, 0.5) is 0 Å². The number of nitrogens with zero attached hydrogens (tertiary/aromatic N) is 1. The van der Waals surface area contributed by atoms with Crippen LogP contribution < -0.4 is 10.3 Å². The molecule has 6 aromatic rings. The largest absolute Gasteiger partial charge is 0.456 e. The highest BCUT2D eigenvalue weighted by Crippen LogP contribution is 2.54. The van der Waals surface area contributed by atoms with Crippen molar-refractivity contribution in [1.82, 2.24) is 4.40 Å². The van der Waals surface area contributed by atoms with E-state index in [1.54, 1.807) is 29.5 Å². The van der Waals surface area contributed by atoms with Crippen molar-refractivity contribution >= 4 is 43.5 Å². The van der Waals surface area contributed by atoms with E-state index in [9.17, 15) is 9.90 Å². The number of para-hydroxylation sites is 1. The molecule has 0 radical (unpaired) electrons. The van der Waals surface area contributed by atoms with E-state index in [0.29, 0.717) is 28.2 Å². The van der Waals surface area contributed by atoms with E-state index in [1.165, 1.54) is 0 Å². The topological polar surface area (TPSA) is 50.9 Å². The SMILES string of the molecule is C=CC1=C(C=C)C(C)(O)c2c(Oc3ccccc3)c3cccc4c5cc(C)ccc5n5c(=O)cc1c2c5c34. The monoisotopic (exact) mass is 495 g/mol. The summed E-state index contributed by atoms with van der Waals surface area (Å²) in [5.74, 6) is 1.22. The van der Waals surface area contributed by atoms with E-state index >= 15 is 0 Å². The van der Waals surface area contributed by atoms with Gasteiger partial charge in [-0.1, -0.05) is 73.3 Å². The molecule has 4 aromatic carbocycles. The van der Waals surface area contributed by atoms with Gasteiger partial charge in [-0.25, -0.2) is 0 Å². The van der Waals surface area contributed by atoms with Crippen molar-refractivity contribution in [2.75, 3.05) is 0 Å². The number of benzene rings is 4. The van der Waals surface area contributed by atoms with Gasteiger partial charge in [0.2, 0.25) is 0 Å². The minimum Gasteiger partial charge on any atom is -0.456 e. The molecule has 0 amide bonds. The fourth-order valence-electron chi connectivity index (χ4n) is 6.33. The highest BCUT2D eigenvalue weighted by atomic mass is 16.5. The van der Waals surface area contributed by atoms with Crippen molar-refractivity contribution in [3.05, 3.63) is 131 Å². The molecule has 7 rings (SSSR count). The highest BCUT2D eigenvalue weighted by molar-refractivity contribution is 6.27. The summed E-state index contributed by atoms with van der Waals surface area (Å²) >= 11 is 0. The number of aromatic nitrogens is 1. The number of aryl methyl sites for hydroxylation is 1. The molecule has 2 heterocycles. The lowest BCUT2D eigenvalue weighted by Crippen LogP contribution is -2.30. The second-order valence-electron chi connectivity index (χ2n) is 10.1. The van der Waals surface area contributed by atoms with Crippen LogP contribution in [0.25, 0.3) is 43.5 Å². The van der Waals surface area contributed by atoms with E-state index in [4.69, 9.17) is 4.74 Å². The van der Waals surface area contributed by atoms with Gasteiger partial charge in [0.05, 0.1) is 11.0 Å². The molecular weight excluding hydrogens is 470 g/mol. The molecule has 0 aliphatic heterocycles. The zero-order chi connectivity index (χ0) is 26.3. The zero-order valence-corrected chi connectivity index (χ0v) is 21.2. The Kier molecular flexibility index (Phi) is 4.54. The van der Waals surface area contributed by atoms with Crippen LogP contribution in [-0.4, -0.2) is 9.51 Å².